The van der Waals surface area contributed by atoms with Gasteiger partial charge in [0.2, 0.25) is 5.88 Å². The number of hydrogen-bond donors (Lipinski definition) is 2. The molecule has 2 aliphatic rings. The highest BCUT2D eigenvalue weighted by Gasteiger charge is 2.29. The average molecular weight is 510 g/mol. The van der Waals surface area contributed by atoms with Gasteiger partial charge >= 0.3 is 0 Å². The zero-order chi connectivity index (χ0) is 23.0. The van der Waals surface area contributed by atoms with Crippen LogP contribution in [-0.4, -0.2) is 61.2 Å². The second-order valence-corrected chi connectivity index (χ2v) is 11.2. The summed E-state index contributed by atoms with van der Waals surface area (Å²) in [7, 11) is -2.24. The van der Waals surface area contributed by atoms with Crippen molar-refractivity contribution >= 4 is 61.0 Å². The molecule has 12 heteroatoms. The van der Waals surface area contributed by atoms with Gasteiger partial charge in [-0.1, -0.05) is 23.2 Å². The van der Waals surface area contributed by atoms with Crippen LogP contribution in [-0.2, 0) is 14.5 Å². The highest BCUT2D eigenvalue weighted by atomic mass is 35.5. The van der Waals surface area contributed by atoms with Gasteiger partial charge in [-0.3, -0.25) is 0 Å². The van der Waals surface area contributed by atoms with Crippen LogP contribution in [0, 0.1) is 0 Å². The molecule has 33 heavy (non-hydrogen) atoms. The summed E-state index contributed by atoms with van der Waals surface area (Å²) in [4.78, 5) is 12.9. The molecule has 1 aromatic carbocycles. The van der Waals surface area contributed by atoms with Gasteiger partial charge in [0, 0.05) is 11.5 Å². The molecule has 0 radical (unpaired) electrons. The number of aliphatic hydroxyl groups is 1. The SMILES string of the molecule is O=S1(=Nc2cc(Cl)c3c(Nc4ccc(Cl)nc4O[C@H]4COC[C@@H]4O)ncnc3c2)CCCC1. The van der Waals surface area contributed by atoms with E-state index in [4.69, 9.17) is 32.7 Å². The fourth-order valence-electron chi connectivity index (χ4n) is 3.83. The smallest absolute Gasteiger partial charge is 0.239 e. The molecule has 0 bridgehead atoms. The molecule has 4 heterocycles. The minimum Gasteiger partial charge on any atom is -0.468 e. The maximum atomic E-state index is 12.8. The number of benzene rings is 1. The number of rotatable bonds is 5. The van der Waals surface area contributed by atoms with E-state index in [0.29, 0.717) is 44.6 Å². The highest BCUT2D eigenvalue weighted by Crippen LogP contribution is 2.36. The van der Waals surface area contributed by atoms with Gasteiger partial charge in [0.05, 0.1) is 44.6 Å². The lowest BCUT2D eigenvalue weighted by Gasteiger charge is -2.18. The third kappa shape index (κ3) is 4.85. The first kappa shape index (κ1) is 22.5. The summed E-state index contributed by atoms with van der Waals surface area (Å²) in [5, 5.41) is 14.4. The molecular weight excluding hydrogens is 489 g/mol. The van der Waals surface area contributed by atoms with Gasteiger partial charge in [-0.2, -0.15) is 9.35 Å². The van der Waals surface area contributed by atoms with Crippen molar-refractivity contribution in [3.8, 4) is 5.88 Å². The molecule has 0 saturated carbocycles. The van der Waals surface area contributed by atoms with E-state index in [9.17, 15) is 9.32 Å². The fourth-order valence-corrected chi connectivity index (χ4v) is 6.45. The highest BCUT2D eigenvalue weighted by molar-refractivity contribution is 7.93. The average Bonchev–Trinajstić information content (AvgIpc) is 3.38. The molecule has 0 aliphatic carbocycles. The Kier molecular flexibility index (Phi) is 6.28. The van der Waals surface area contributed by atoms with Crippen molar-refractivity contribution in [2.45, 2.75) is 25.0 Å². The number of nitrogens with zero attached hydrogens (tertiary/aromatic N) is 4. The first-order chi connectivity index (χ1) is 15.9. The molecule has 0 unspecified atom stereocenters. The topological polar surface area (TPSA) is 119 Å². The predicted octanol–water partition coefficient (Wildman–Crippen LogP) is 4.11. The van der Waals surface area contributed by atoms with E-state index in [1.807, 2.05) is 0 Å². The Labute approximate surface area is 200 Å². The van der Waals surface area contributed by atoms with Crippen LogP contribution in [0.3, 0.4) is 0 Å². The quantitative estimate of drug-likeness (QED) is 0.493. The summed E-state index contributed by atoms with van der Waals surface area (Å²) in [5.41, 5.74) is 1.58. The van der Waals surface area contributed by atoms with E-state index in [0.717, 1.165) is 12.8 Å². The molecule has 0 amide bonds. The number of halogens is 2. The van der Waals surface area contributed by atoms with Crippen molar-refractivity contribution in [3.05, 3.63) is 40.8 Å². The van der Waals surface area contributed by atoms with E-state index in [1.165, 1.54) is 6.33 Å². The molecule has 9 nitrogen and oxygen atoms in total. The number of fused-ring (bicyclic) bond motifs is 1. The lowest BCUT2D eigenvalue weighted by atomic mass is 10.2. The van der Waals surface area contributed by atoms with E-state index in [1.54, 1.807) is 24.3 Å². The van der Waals surface area contributed by atoms with Crippen LogP contribution >= 0.6 is 23.2 Å². The normalized spacial score (nSPS) is 21.9. The molecule has 2 fully saturated rings. The Morgan fingerprint density at radius 1 is 1.18 bits per heavy atom. The second-order valence-electron chi connectivity index (χ2n) is 7.90. The maximum absolute atomic E-state index is 12.8. The van der Waals surface area contributed by atoms with Gasteiger partial charge < -0.3 is 19.9 Å². The molecule has 2 aromatic heterocycles. The number of pyridine rings is 1. The van der Waals surface area contributed by atoms with Crippen LogP contribution in [0.25, 0.3) is 10.9 Å². The van der Waals surface area contributed by atoms with Crippen molar-refractivity contribution in [2.75, 3.05) is 30.0 Å². The summed E-state index contributed by atoms with van der Waals surface area (Å²) < 4.78 is 28.4. The number of anilines is 2. The predicted molar refractivity (Wildman–Crippen MR) is 128 cm³/mol. The Hall–Kier alpha value is -2.24. The molecule has 5 rings (SSSR count). The summed E-state index contributed by atoms with van der Waals surface area (Å²) in [6.45, 7) is 0.437. The minimum atomic E-state index is -2.24. The van der Waals surface area contributed by atoms with Crippen molar-refractivity contribution in [3.63, 3.8) is 0 Å². The number of aromatic nitrogens is 3. The molecule has 3 aromatic rings. The van der Waals surface area contributed by atoms with E-state index in [-0.39, 0.29) is 24.2 Å². The Balaban J connectivity index is 1.50. The summed E-state index contributed by atoms with van der Waals surface area (Å²) in [5.74, 6) is 1.84. The standard InChI is InChI=1S/C21H21Cl2N5O4S/c22-13-7-12(28-33(30)5-1-2-6-33)8-15-19(13)20(25-11-24-15)26-14-3-4-18(23)27-21(14)32-17-10-31-9-16(17)29/h3-4,7-8,11,16-17,29H,1-2,5-6,9-10H2,(H,24,25,26)/t16-,17-/m0/s1. The van der Waals surface area contributed by atoms with Crippen LogP contribution in [0.5, 0.6) is 5.88 Å². The largest absolute Gasteiger partial charge is 0.468 e. The van der Waals surface area contributed by atoms with Crippen LogP contribution < -0.4 is 10.1 Å². The number of aliphatic hydroxyl groups excluding tert-OH is 1. The first-order valence-electron chi connectivity index (χ1n) is 10.4. The van der Waals surface area contributed by atoms with Gasteiger partial charge in [-0.15, -0.1) is 0 Å². The zero-order valence-electron chi connectivity index (χ0n) is 17.4. The summed E-state index contributed by atoms with van der Waals surface area (Å²) in [6.07, 6.45) is 1.91. The van der Waals surface area contributed by atoms with Crippen molar-refractivity contribution in [1.82, 2.24) is 15.0 Å². The van der Waals surface area contributed by atoms with Gasteiger partial charge in [-0.05, 0) is 37.1 Å². The lowest BCUT2D eigenvalue weighted by Crippen LogP contribution is -2.30. The third-order valence-corrected chi connectivity index (χ3v) is 8.37. The monoisotopic (exact) mass is 509 g/mol. The Morgan fingerprint density at radius 2 is 2.00 bits per heavy atom. The van der Waals surface area contributed by atoms with E-state index < -0.39 is 21.9 Å². The first-order valence-corrected chi connectivity index (χ1v) is 13.0. The van der Waals surface area contributed by atoms with Crippen LogP contribution in [0.2, 0.25) is 10.2 Å². The van der Waals surface area contributed by atoms with E-state index in [2.05, 4.69) is 24.6 Å². The maximum Gasteiger partial charge on any atom is 0.239 e. The number of hydrogen-bond acceptors (Lipinski definition) is 9. The summed E-state index contributed by atoms with van der Waals surface area (Å²) in [6, 6.07) is 6.73. The van der Waals surface area contributed by atoms with Gasteiger partial charge in [0.25, 0.3) is 0 Å². The Bertz CT molecular complexity index is 1320. The third-order valence-electron chi connectivity index (χ3n) is 5.47. The molecule has 2 N–H and O–H groups in total. The van der Waals surface area contributed by atoms with Crippen LogP contribution in [0.4, 0.5) is 17.2 Å². The van der Waals surface area contributed by atoms with Crippen LogP contribution in [0.15, 0.2) is 35.0 Å². The fraction of sp³-hybridized carbons (Fsp3) is 0.381. The van der Waals surface area contributed by atoms with Crippen LogP contribution in [0.1, 0.15) is 12.8 Å². The van der Waals surface area contributed by atoms with Crippen molar-refractivity contribution in [1.29, 1.82) is 0 Å². The molecule has 0 spiro atoms. The number of nitrogens with one attached hydrogen (secondary N) is 1. The zero-order valence-corrected chi connectivity index (χ0v) is 19.7. The summed E-state index contributed by atoms with van der Waals surface area (Å²) >= 11 is 12.7. The number of ether oxygens (including phenoxy) is 2. The second kappa shape index (κ2) is 9.19. The lowest BCUT2D eigenvalue weighted by molar-refractivity contribution is 0.0709. The molecule has 2 atom stereocenters. The van der Waals surface area contributed by atoms with Crippen molar-refractivity contribution < 1.29 is 18.8 Å². The van der Waals surface area contributed by atoms with Gasteiger partial charge in [0.15, 0.2) is 6.10 Å². The minimum absolute atomic E-state index is 0.194. The molecule has 2 aliphatic heterocycles. The van der Waals surface area contributed by atoms with Gasteiger partial charge in [0.1, 0.15) is 29.1 Å². The van der Waals surface area contributed by atoms with Crippen molar-refractivity contribution in [2.24, 2.45) is 4.36 Å². The molecule has 2 saturated heterocycles. The Morgan fingerprint density at radius 3 is 2.76 bits per heavy atom. The van der Waals surface area contributed by atoms with E-state index >= 15 is 0 Å². The van der Waals surface area contributed by atoms with Gasteiger partial charge in [-0.25, -0.2) is 14.2 Å². The molecular formula is C21H21Cl2N5O4S. The molecule has 174 valence electrons.